The molecule has 0 unspecified atom stereocenters. The maximum atomic E-state index is 12.5. The molecule has 0 radical (unpaired) electrons. The molecule has 0 spiro atoms. The van der Waals surface area contributed by atoms with Crippen LogP contribution in [-0.2, 0) is 0 Å². The molecule has 1 heterocycles. The lowest BCUT2D eigenvalue weighted by molar-refractivity contribution is 0.0940. The maximum Gasteiger partial charge on any atom is 0.251 e. The van der Waals surface area contributed by atoms with Gasteiger partial charge in [-0.1, -0.05) is 30.3 Å². The Kier molecular flexibility index (Phi) is 4.06. The third-order valence-electron chi connectivity index (χ3n) is 3.98. The first-order valence-electron chi connectivity index (χ1n) is 7.65. The molecule has 0 fully saturated rings. The number of rotatable bonds is 3. The summed E-state index contributed by atoms with van der Waals surface area (Å²) < 4.78 is 0. The van der Waals surface area contributed by atoms with E-state index in [9.17, 15) is 4.79 Å². The molecule has 1 atom stereocenters. The summed E-state index contributed by atoms with van der Waals surface area (Å²) in [6, 6.07) is 15.3. The second kappa shape index (κ2) is 6.16. The molecule has 1 N–H and O–H groups in total. The Morgan fingerprint density at radius 2 is 1.61 bits per heavy atom. The van der Waals surface area contributed by atoms with Gasteiger partial charge < -0.3 is 5.32 Å². The van der Waals surface area contributed by atoms with Crippen LogP contribution < -0.4 is 5.32 Å². The quantitative estimate of drug-likeness (QED) is 0.802. The summed E-state index contributed by atoms with van der Waals surface area (Å²) in [4.78, 5) is 21.5. The lowest BCUT2D eigenvalue weighted by Crippen LogP contribution is -2.26. The van der Waals surface area contributed by atoms with E-state index in [4.69, 9.17) is 0 Å². The zero-order valence-corrected chi connectivity index (χ0v) is 13.5. The van der Waals surface area contributed by atoms with Crippen LogP contribution in [0, 0.1) is 13.8 Å². The van der Waals surface area contributed by atoms with Crippen molar-refractivity contribution in [1.82, 2.24) is 15.3 Å². The Morgan fingerprint density at radius 3 is 2.30 bits per heavy atom. The molecule has 0 aliphatic carbocycles. The van der Waals surface area contributed by atoms with E-state index in [-0.39, 0.29) is 11.9 Å². The standard InChI is InChI=1S/C19H19N3O/c1-12-13(2)21-18-11-16(9-10-17(18)20-12)19(23)22-14(3)15-7-5-4-6-8-15/h4-11,14H,1-3H3,(H,22,23)/t14-/m1/s1. The van der Waals surface area contributed by atoms with Crippen molar-refractivity contribution in [2.75, 3.05) is 0 Å². The molecule has 0 saturated carbocycles. The molecule has 0 saturated heterocycles. The Bertz CT molecular complexity index is 859. The van der Waals surface area contributed by atoms with Gasteiger partial charge in [0.15, 0.2) is 0 Å². The summed E-state index contributed by atoms with van der Waals surface area (Å²) in [5.41, 5.74) is 5.01. The van der Waals surface area contributed by atoms with Gasteiger partial charge >= 0.3 is 0 Å². The fourth-order valence-electron chi connectivity index (χ4n) is 2.48. The second-order valence-corrected chi connectivity index (χ2v) is 5.70. The van der Waals surface area contributed by atoms with Gasteiger partial charge in [-0.05, 0) is 44.5 Å². The van der Waals surface area contributed by atoms with Crippen LogP contribution in [0.4, 0.5) is 0 Å². The molecular weight excluding hydrogens is 286 g/mol. The number of aryl methyl sites for hydroxylation is 2. The van der Waals surface area contributed by atoms with Gasteiger partial charge in [0, 0.05) is 5.56 Å². The topological polar surface area (TPSA) is 54.9 Å². The van der Waals surface area contributed by atoms with Crippen molar-refractivity contribution in [3.8, 4) is 0 Å². The van der Waals surface area contributed by atoms with E-state index in [1.54, 1.807) is 12.1 Å². The van der Waals surface area contributed by atoms with Crippen molar-refractivity contribution in [1.29, 1.82) is 0 Å². The summed E-state index contributed by atoms with van der Waals surface area (Å²) in [5.74, 6) is -0.108. The van der Waals surface area contributed by atoms with Crippen LogP contribution in [0.2, 0.25) is 0 Å². The molecular formula is C19H19N3O. The first kappa shape index (κ1) is 15.2. The highest BCUT2D eigenvalue weighted by Crippen LogP contribution is 2.16. The van der Waals surface area contributed by atoms with Gasteiger partial charge in [-0.25, -0.2) is 9.97 Å². The molecule has 4 heteroatoms. The minimum absolute atomic E-state index is 0.0507. The number of aromatic nitrogens is 2. The Hall–Kier alpha value is -2.75. The highest BCUT2D eigenvalue weighted by Gasteiger charge is 2.12. The number of amides is 1. The Balaban J connectivity index is 1.85. The lowest BCUT2D eigenvalue weighted by atomic mass is 10.1. The van der Waals surface area contributed by atoms with Gasteiger partial charge in [-0.3, -0.25) is 4.79 Å². The third kappa shape index (κ3) is 3.21. The molecule has 116 valence electrons. The molecule has 1 aromatic heterocycles. The van der Waals surface area contributed by atoms with Crippen molar-refractivity contribution in [2.24, 2.45) is 0 Å². The first-order valence-corrected chi connectivity index (χ1v) is 7.65. The molecule has 1 amide bonds. The Morgan fingerprint density at radius 1 is 0.957 bits per heavy atom. The van der Waals surface area contributed by atoms with Crippen LogP contribution in [0.15, 0.2) is 48.5 Å². The predicted octanol–water partition coefficient (Wildman–Crippen LogP) is 3.74. The summed E-state index contributed by atoms with van der Waals surface area (Å²) in [7, 11) is 0. The fraction of sp³-hybridized carbons (Fsp3) is 0.211. The molecule has 4 nitrogen and oxygen atoms in total. The monoisotopic (exact) mass is 305 g/mol. The molecule has 23 heavy (non-hydrogen) atoms. The van der Waals surface area contributed by atoms with E-state index < -0.39 is 0 Å². The molecule has 3 rings (SSSR count). The minimum Gasteiger partial charge on any atom is -0.346 e. The minimum atomic E-state index is -0.108. The average Bonchev–Trinajstić information content (AvgIpc) is 2.56. The van der Waals surface area contributed by atoms with Gasteiger partial charge in [-0.15, -0.1) is 0 Å². The van der Waals surface area contributed by atoms with Crippen LogP contribution in [-0.4, -0.2) is 15.9 Å². The molecule has 3 aromatic rings. The zero-order valence-electron chi connectivity index (χ0n) is 13.5. The largest absolute Gasteiger partial charge is 0.346 e. The maximum absolute atomic E-state index is 12.5. The number of hydrogen-bond donors (Lipinski definition) is 1. The normalized spacial score (nSPS) is 12.1. The van der Waals surface area contributed by atoms with Crippen LogP contribution >= 0.6 is 0 Å². The zero-order chi connectivity index (χ0) is 16.4. The SMILES string of the molecule is Cc1nc2ccc(C(=O)N[C@H](C)c3ccccc3)cc2nc1C. The molecule has 2 aromatic carbocycles. The van der Waals surface area contributed by atoms with Crippen molar-refractivity contribution < 1.29 is 4.79 Å². The second-order valence-electron chi connectivity index (χ2n) is 5.70. The lowest BCUT2D eigenvalue weighted by Gasteiger charge is -2.14. The van der Waals surface area contributed by atoms with Gasteiger partial charge in [0.1, 0.15) is 0 Å². The smallest absolute Gasteiger partial charge is 0.251 e. The molecule has 0 aliphatic heterocycles. The van der Waals surface area contributed by atoms with E-state index in [1.807, 2.05) is 57.2 Å². The Labute approximate surface area is 135 Å². The van der Waals surface area contributed by atoms with Crippen LogP contribution in [0.25, 0.3) is 11.0 Å². The van der Waals surface area contributed by atoms with Crippen LogP contribution in [0.5, 0.6) is 0 Å². The van der Waals surface area contributed by atoms with Crippen LogP contribution in [0.3, 0.4) is 0 Å². The van der Waals surface area contributed by atoms with Crippen molar-refractivity contribution in [3.63, 3.8) is 0 Å². The number of carbonyl (C=O) groups is 1. The van der Waals surface area contributed by atoms with E-state index in [0.29, 0.717) is 5.56 Å². The van der Waals surface area contributed by atoms with E-state index in [0.717, 1.165) is 28.0 Å². The number of carbonyl (C=O) groups excluding carboxylic acids is 1. The van der Waals surface area contributed by atoms with Crippen molar-refractivity contribution >= 4 is 16.9 Å². The number of nitrogens with one attached hydrogen (secondary N) is 1. The predicted molar refractivity (Wildman–Crippen MR) is 91.3 cm³/mol. The summed E-state index contributed by atoms with van der Waals surface area (Å²) in [6.45, 7) is 5.83. The summed E-state index contributed by atoms with van der Waals surface area (Å²) in [5, 5.41) is 3.02. The third-order valence-corrected chi connectivity index (χ3v) is 3.98. The number of nitrogens with zero attached hydrogens (tertiary/aromatic N) is 2. The van der Waals surface area contributed by atoms with E-state index in [1.165, 1.54) is 0 Å². The summed E-state index contributed by atoms with van der Waals surface area (Å²) in [6.07, 6.45) is 0. The van der Waals surface area contributed by atoms with Gasteiger partial charge in [0.25, 0.3) is 5.91 Å². The van der Waals surface area contributed by atoms with Gasteiger partial charge in [0.05, 0.1) is 28.5 Å². The van der Waals surface area contributed by atoms with Crippen molar-refractivity contribution in [3.05, 3.63) is 71.0 Å². The van der Waals surface area contributed by atoms with E-state index >= 15 is 0 Å². The fourth-order valence-corrected chi connectivity index (χ4v) is 2.48. The van der Waals surface area contributed by atoms with E-state index in [2.05, 4.69) is 15.3 Å². The molecule has 0 bridgehead atoms. The molecule has 0 aliphatic rings. The number of hydrogen-bond acceptors (Lipinski definition) is 3. The van der Waals surface area contributed by atoms with Gasteiger partial charge in [0.2, 0.25) is 0 Å². The van der Waals surface area contributed by atoms with Crippen molar-refractivity contribution in [2.45, 2.75) is 26.8 Å². The average molecular weight is 305 g/mol. The highest BCUT2D eigenvalue weighted by atomic mass is 16.1. The first-order chi connectivity index (χ1) is 11.0. The van der Waals surface area contributed by atoms with Crippen LogP contribution in [0.1, 0.15) is 40.3 Å². The van der Waals surface area contributed by atoms with Gasteiger partial charge in [-0.2, -0.15) is 0 Å². The number of fused-ring (bicyclic) bond motifs is 1. The number of benzene rings is 2. The summed E-state index contributed by atoms with van der Waals surface area (Å²) >= 11 is 0. The highest BCUT2D eigenvalue weighted by molar-refractivity contribution is 5.97.